The molecule has 0 bridgehead atoms. The SMILES string of the molecule is CCOC(=O)c1sc(N)nc1-c1cnc(C)cn1. The Bertz CT molecular complexity index is 565. The Kier molecular flexibility index (Phi) is 3.52. The summed E-state index contributed by atoms with van der Waals surface area (Å²) < 4.78 is 4.95. The molecule has 94 valence electrons. The van der Waals surface area contributed by atoms with Gasteiger partial charge in [0, 0.05) is 6.20 Å². The fraction of sp³-hybridized carbons (Fsp3) is 0.273. The van der Waals surface area contributed by atoms with Gasteiger partial charge in [-0.15, -0.1) is 0 Å². The molecule has 7 heteroatoms. The molecule has 0 radical (unpaired) electrons. The lowest BCUT2D eigenvalue weighted by Gasteiger charge is -2.01. The molecule has 0 unspecified atom stereocenters. The number of nitrogens with two attached hydrogens (primary N) is 1. The van der Waals surface area contributed by atoms with E-state index in [-0.39, 0.29) is 0 Å². The molecule has 18 heavy (non-hydrogen) atoms. The van der Waals surface area contributed by atoms with E-state index in [1.54, 1.807) is 19.3 Å². The number of hydrogen-bond donors (Lipinski definition) is 1. The number of nitrogen functional groups attached to an aromatic ring is 1. The van der Waals surface area contributed by atoms with E-state index in [0.29, 0.717) is 28.0 Å². The van der Waals surface area contributed by atoms with Gasteiger partial charge in [-0.2, -0.15) is 0 Å². The van der Waals surface area contributed by atoms with Crippen LogP contribution < -0.4 is 5.73 Å². The van der Waals surface area contributed by atoms with Crippen LogP contribution in [-0.4, -0.2) is 27.5 Å². The first kappa shape index (κ1) is 12.4. The normalized spacial score (nSPS) is 10.3. The fourth-order valence-electron chi connectivity index (χ4n) is 1.36. The second kappa shape index (κ2) is 5.09. The Balaban J connectivity index is 2.44. The standard InChI is InChI=1S/C11H12N4O2S/c1-3-17-10(16)9-8(15-11(12)18-9)7-5-13-6(2)4-14-7/h4-5H,3H2,1-2H3,(H2,12,15). The lowest BCUT2D eigenvalue weighted by molar-refractivity contribution is 0.0532. The summed E-state index contributed by atoms with van der Waals surface area (Å²) in [7, 11) is 0. The van der Waals surface area contributed by atoms with E-state index in [9.17, 15) is 4.79 Å². The highest BCUT2D eigenvalue weighted by Crippen LogP contribution is 2.28. The summed E-state index contributed by atoms with van der Waals surface area (Å²) in [4.78, 5) is 24.5. The van der Waals surface area contributed by atoms with Crippen molar-refractivity contribution in [3.8, 4) is 11.4 Å². The Labute approximate surface area is 108 Å². The molecule has 0 atom stereocenters. The van der Waals surface area contributed by atoms with Gasteiger partial charge in [0.25, 0.3) is 0 Å². The van der Waals surface area contributed by atoms with Crippen molar-refractivity contribution >= 4 is 22.4 Å². The van der Waals surface area contributed by atoms with Crippen LogP contribution in [0.3, 0.4) is 0 Å². The summed E-state index contributed by atoms with van der Waals surface area (Å²) >= 11 is 1.09. The molecule has 0 aromatic carbocycles. The van der Waals surface area contributed by atoms with Gasteiger partial charge in [0.2, 0.25) is 0 Å². The van der Waals surface area contributed by atoms with E-state index in [0.717, 1.165) is 17.0 Å². The van der Waals surface area contributed by atoms with Gasteiger partial charge in [-0.3, -0.25) is 9.97 Å². The van der Waals surface area contributed by atoms with Crippen LogP contribution in [0.1, 0.15) is 22.3 Å². The molecule has 2 heterocycles. The predicted octanol–water partition coefficient (Wildman–Crippen LogP) is 1.67. The van der Waals surface area contributed by atoms with Gasteiger partial charge < -0.3 is 10.5 Å². The molecule has 0 amide bonds. The minimum Gasteiger partial charge on any atom is -0.462 e. The van der Waals surface area contributed by atoms with Crippen molar-refractivity contribution in [2.75, 3.05) is 12.3 Å². The maximum atomic E-state index is 11.8. The van der Waals surface area contributed by atoms with Gasteiger partial charge in [-0.25, -0.2) is 9.78 Å². The van der Waals surface area contributed by atoms with Crippen LogP contribution in [0.4, 0.5) is 5.13 Å². The minimum absolute atomic E-state index is 0.301. The van der Waals surface area contributed by atoms with E-state index in [4.69, 9.17) is 10.5 Å². The molecule has 0 spiro atoms. The highest BCUT2D eigenvalue weighted by molar-refractivity contribution is 7.17. The molecule has 0 aliphatic heterocycles. The number of carbonyl (C=O) groups is 1. The zero-order valence-electron chi connectivity index (χ0n) is 10.0. The molecule has 2 N–H and O–H groups in total. The summed E-state index contributed by atoms with van der Waals surface area (Å²) in [6, 6.07) is 0. The monoisotopic (exact) mass is 264 g/mol. The molecule has 0 fully saturated rings. The van der Waals surface area contributed by atoms with Crippen LogP contribution in [0, 0.1) is 6.92 Å². The molecule has 0 saturated carbocycles. The Hall–Kier alpha value is -2.02. The van der Waals surface area contributed by atoms with E-state index in [2.05, 4.69) is 15.0 Å². The first-order valence-corrected chi connectivity index (χ1v) is 6.16. The quantitative estimate of drug-likeness (QED) is 0.848. The summed E-state index contributed by atoms with van der Waals surface area (Å²) in [5.41, 5.74) is 7.35. The van der Waals surface area contributed by atoms with E-state index in [1.807, 2.05) is 6.92 Å². The number of aromatic nitrogens is 3. The Morgan fingerprint density at radius 2 is 2.22 bits per heavy atom. The molecule has 6 nitrogen and oxygen atoms in total. The van der Waals surface area contributed by atoms with Crippen molar-refractivity contribution in [2.45, 2.75) is 13.8 Å². The zero-order valence-corrected chi connectivity index (χ0v) is 10.8. The van der Waals surface area contributed by atoms with Gasteiger partial charge in [0.1, 0.15) is 16.3 Å². The summed E-state index contributed by atoms with van der Waals surface area (Å²) in [5.74, 6) is -0.441. The number of esters is 1. The van der Waals surface area contributed by atoms with Crippen LogP contribution in [0.2, 0.25) is 0 Å². The third kappa shape index (κ3) is 2.45. The number of thiazole rings is 1. The Morgan fingerprint density at radius 1 is 1.44 bits per heavy atom. The number of anilines is 1. The first-order valence-electron chi connectivity index (χ1n) is 5.34. The molecule has 2 rings (SSSR count). The van der Waals surface area contributed by atoms with E-state index >= 15 is 0 Å². The van der Waals surface area contributed by atoms with Crippen molar-refractivity contribution in [3.63, 3.8) is 0 Å². The number of ether oxygens (including phenoxy) is 1. The van der Waals surface area contributed by atoms with Crippen molar-refractivity contribution in [2.24, 2.45) is 0 Å². The highest BCUT2D eigenvalue weighted by atomic mass is 32.1. The fourth-order valence-corrected chi connectivity index (χ4v) is 2.10. The van der Waals surface area contributed by atoms with Gasteiger partial charge in [0.05, 0.1) is 18.5 Å². The molecule has 2 aromatic heterocycles. The van der Waals surface area contributed by atoms with E-state index < -0.39 is 5.97 Å². The molecule has 0 aliphatic rings. The summed E-state index contributed by atoms with van der Waals surface area (Å²) in [6.45, 7) is 3.88. The summed E-state index contributed by atoms with van der Waals surface area (Å²) in [6.07, 6.45) is 3.17. The van der Waals surface area contributed by atoms with Crippen molar-refractivity contribution in [3.05, 3.63) is 23.0 Å². The molecular weight excluding hydrogens is 252 g/mol. The van der Waals surface area contributed by atoms with Crippen LogP contribution in [0.15, 0.2) is 12.4 Å². The maximum absolute atomic E-state index is 11.8. The second-order valence-electron chi connectivity index (χ2n) is 3.49. The van der Waals surface area contributed by atoms with Crippen molar-refractivity contribution in [1.82, 2.24) is 15.0 Å². The molecule has 0 saturated heterocycles. The van der Waals surface area contributed by atoms with Crippen LogP contribution in [0.25, 0.3) is 11.4 Å². The topological polar surface area (TPSA) is 91.0 Å². The largest absolute Gasteiger partial charge is 0.462 e. The van der Waals surface area contributed by atoms with Crippen LogP contribution in [-0.2, 0) is 4.74 Å². The van der Waals surface area contributed by atoms with Gasteiger partial charge >= 0.3 is 5.97 Å². The predicted molar refractivity (Wildman–Crippen MR) is 68.2 cm³/mol. The first-order chi connectivity index (χ1) is 8.61. The average molecular weight is 264 g/mol. The van der Waals surface area contributed by atoms with Gasteiger partial charge in [-0.05, 0) is 13.8 Å². The summed E-state index contributed by atoms with van der Waals surface area (Å²) in [5, 5.41) is 0.301. The number of rotatable bonds is 3. The zero-order chi connectivity index (χ0) is 13.1. The molecule has 0 aliphatic carbocycles. The van der Waals surface area contributed by atoms with Crippen molar-refractivity contribution < 1.29 is 9.53 Å². The van der Waals surface area contributed by atoms with Crippen LogP contribution >= 0.6 is 11.3 Å². The lowest BCUT2D eigenvalue weighted by Crippen LogP contribution is -2.04. The second-order valence-corrected chi connectivity index (χ2v) is 4.52. The highest BCUT2D eigenvalue weighted by Gasteiger charge is 2.20. The third-order valence-corrected chi connectivity index (χ3v) is 2.99. The van der Waals surface area contributed by atoms with Gasteiger partial charge in [0.15, 0.2) is 5.13 Å². The third-order valence-electron chi connectivity index (χ3n) is 2.13. The van der Waals surface area contributed by atoms with Gasteiger partial charge in [-0.1, -0.05) is 11.3 Å². The minimum atomic E-state index is -0.441. The van der Waals surface area contributed by atoms with Crippen LogP contribution in [0.5, 0.6) is 0 Å². The molecule has 2 aromatic rings. The Morgan fingerprint density at radius 3 is 2.83 bits per heavy atom. The number of aryl methyl sites for hydroxylation is 1. The number of nitrogens with zero attached hydrogens (tertiary/aromatic N) is 3. The number of hydrogen-bond acceptors (Lipinski definition) is 7. The van der Waals surface area contributed by atoms with E-state index in [1.165, 1.54) is 0 Å². The number of carbonyl (C=O) groups excluding carboxylic acids is 1. The lowest BCUT2D eigenvalue weighted by atomic mass is 10.3. The van der Waals surface area contributed by atoms with Crippen molar-refractivity contribution in [1.29, 1.82) is 0 Å². The maximum Gasteiger partial charge on any atom is 0.350 e. The smallest absolute Gasteiger partial charge is 0.350 e. The molecular formula is C11H12N4O2S. The average Bonchev–Trinajstić information content (AvgIpc) is 2.73.